The van der Waals surface area contributed by atoms with Crippen LogP contribution in [0.15, 0.2) is 48.5 Å². The highest BCUT2D eigenvalue weighted by Crippen LogP contribution is 2.21. The summed E-state index contributed by atoms with van der Waals surface area (Å²) >= 11 is 7.28. The Morgan fingerprint density at radius 2 is 1.88 bits per heavy atom. The Balaban J connectivity index is 1.51. The predicted octanol–water partition coefficient (Wildman–Crippen LogP) is 4.69. The maximum atomic E-state index is 13.7. The Hall–Kier alpha value is -2.31. The van der Waals surface area contributed by atoms with Gasteiger partial charge in [-0.15, -0.1) is 10.2 Å². The summed E-state index contributed by atoms with van der Waals surface area (Å²) in [6.45, 7) is 0. The summed E-state index contributed by atoms with van der Waals surface area (Å²) in [6.07, 6.45) is 2.57. The molecule has 1 N–H and O–H groups in total. The number of aromatic nitrogens is 2. The molecular formula is C19H17ClFN3OS. The first-order valence-electron chi connectivity index (χ1n) is 8.21. The predicted molar refractivity (Wildman–Crippen MR) is 102 cm³/mol. The lowest BCUT2D eigenvalue weighted by atomic mass is 10.1. The molecule has 1 heterocycles. The molecule has 0 fully saturated rings. The molecule has 0 unspecified atom stereocenters. The highest BCUT2D eigenvalue weighted by molar-refractivity contribution is 7.15. The van der Waals surface area contributed by atoms with Gasteiger partial charge < -0.3 is 5.32 Å². The summed E-state index contributed by atoms with van der Waals surface area (Å²) in [5, 5.41) is 12.2. The number of amides is 1. The lowest BCUT2D eigenvalue weighted by Gasteiger charge is -2.05. The van der Waals surface area contributed by atoms with Crippen LogP contribution in [0.1, 0.15) is 22.6 Å². The van der Waals surface area contributed by atoms with Gasteiger partial charge in [0.1, 0.15) is 10.8 Å². The van der Waals surface area contributed by atoms with Gasteiger partial charge >= 0.3 is 0 Å². The number of anilines is 1. The van der Waals surface area contributed by atoms with E-state index >= 15 is 0 Å². The Morgan fingerprint density at radius 3 is 2.65 bits per heavy atom. The van der Waals surface area contributed by atoms with Crippen LogP contribution in [-0.2, 0) is 24.1 Å². The van der Waals surface area contributed by atoms with E-state index in [2.05, 4.69) is 27.6 Å². The van der Waals surface area contributed by atoms with E-state index in [0.29, 0.717) is 5.13 Å². The van der Waals surface area contributed by atoms with Crippen molar-refractivity contribution in [1.29, 1.82) is 0 Å². The number of rotatable bonds is 7. The number of halogens is 2. The zero-order valence-electron chi connectivity index (χ0n) is 13.9. The second kappa shape index (κ2) is 8.87. The zero-order chi connectivity index (χ0) is 18.4. The van der Waals surface area contributed by atoms with E-state index in [0.717, 1.165) is 24.3 Å². The van der Waals surface area contributed by atoms with Crippen molar-refractivity contribution >= 4 is 34.0 Å². The van der Waals surface area contributed by atoms with E-state index in [9.17, 15) is 9.18 Å². The van der Waals surface area contributed by atoms with E-state index < -0.39 is 5.82 Å². The standard InChI is InChI=1S/C19H17ClFN3OS/c20-15-9-5-10-16(21)14(15)12-17(25)22-19-24-23-18(26-19)11-4-8-13-6-2-1-3-7-13/h1-3,5-7,9-10H,4,8,11-12H2,(H,22,24,25). The van der Waals surface area contributed by atoms with Crippen LogP contribution in [-0.4, -0.2) is 16.1 Å². The van der Waals surface area contributed by atoms with Crippen LogP contribution >= 0.6 is 22.9 Å². The lowest BCUT2D eigenvalue weighted by Crippen LogP contribution is -2.15. The van der Waals surface area contributed by atoms with Crippen LogP contribution < -0.4 is 5.32 Å². The summed E-state index contributed by atoms with van der Waals surface area (Å²) in [6, 6.07) is 14.6. The van der Waals surface area contributed by atoms with Crippen LogP contribution in [0.3, 0.4) is 0 Å². The normalized spacial score (nSPS) is 10.7. The number of carbonyl (C=O) groups excluding carboxylic acids is 1. The molecule has 134 valence electrons. The molecule has 0 aliphatic rings. The lowest BCUT2D eigenvalue weighted by molar-refractivity contribution is -0.115. The minimum absolute atomic E-state index is 0.144. The summed E-state index contributed by atoms with van der Waals surface area (Å²) in [7, 11) is 0. The molecule has 0 atom stereocenters. The monoisotopic (exact) mass is 389 g/mol. The number of carbonyl (C=O) groups is 1. The maximum absolute atomic E-state index is 13.7. The first kappa shape index (κ1) is 18.5. The van der Waals surface area contributed by atoms with E-state index in [-0.39, 0.29) is 22.9 Å². The van der Waals surface area contributed by atoms with Gasteiger partial charge in [0, 0.05) is 17.0 Å². The second-order valence-electron chi connectivity index (χ2n) is 5.77. The summed E-state index contributed by atoms with van der Waals surface area (Å²) in [5.74, 6) is -0.865. The Bertz CT molecular complexity index is 865. The molecule has 4 nitrogen and oxygen atoms in total. The Morgan fingerprint density at radius 1 is 1.08 bits per heavy atom. The highest BCUT2D eigenvalue weighted by atomic mass is 35.5. The Kier molecular flexibility index (Phi) is 6.30. The van der Waals surface area contributed by atoms with Crippen LogP contribution in [0.25, 0.3) is 0 Å². The third kappa shape index (κ3) is 5.09. The van der Waals surface area contributed by atoms with Crippen molar-refractivity contribution in [2.75, 3.05) is 5.32 Å². The molecule has 3 rings (SSSR count). The van der Waals surface area contributed by atoms with Crippen LogP contribution in [0, 0.1) is 5.82 Å². The molecular weight excluding hydrogens is 373 g/mol. The van der Waals surface area contributed by atoms with E-state index in [1.165, 1.54) is 29.0 Å². The quantitative estimate of drug-likeness (QED) is 0.637. The molecule has 0 saturated heterocycles. The van der Waals surface area contributed by atoms with E-state index in [1.54, 1.807) is 6.07 Å². The fourth-order valence-electron chi connectivity index (χ4n) is 2.52. The van der Waals surface area contributed by atoms with Gasteiger partial charge in [-0.3, -0.25) is 4.79 Å². The van der Waals surface area contributed by atoms with Crippen LogP contribution in [0.2, 0.25) is 5.02 Å². The zero-order valence-corrected chi connectivity index (χ0v) is 15.5. The minimum Gasteiger partial charge on any atom is -0.300 e. The molecule has 0 saturated carbocycles. The van der Waals surface area contributed by atoms with Gasteiger partial charge in [-0.1, -0.05) is 59.3 Å². The first-order chi connectivity index (χ1) is 12.6. The molecule has 3 aromatic rings. The SMILES string of the molecule is O=C(Cc1c(F)cccc1Cl)Nc1nnc(CCCc2ccccc2)s1. The van der Waals surface area contributed by atoms with Gasteiger partial charge in [0.15, 0.2) is 0 Å². The van der Waals surface area contributed by atoms with Crippen molar-refractivity contribution in [3.63, 3.8) is 0 Å². The fraction of sp³-hybridized carbons (Fsp3) is 0.211. The van der Waals surface area contributed by atoms with Crippen molar-refractivity contribution in [3.8, 4) is 0 Å². The average Bonchev–Trinajstić information content (AvgIpc) is 3.06. The molecule has 0 radical (unpaired) electrons. The molecule has 0 aliphatic heterocycles. The summed E-state index contributed by atoms with van der Waals surface area (Å²) < 4.78 is 13.7. The van der Waals surface area contributed by atoms with Crippen molar-refractivity contribution < 1.29 is 9.18 Å². The average molecular weight is 390 g/mol. The second-order valence-corrected chi connectivity index (χ2v) is 7.23. The topological polar surface area (TPSA) is 54.9 Å². The van der Waals surface area contributed by atoms with Gasteiger partial charge in [-0.2, -0.15) is 0 Å². The largest absolute Gasteiger partial charge is 0.300 e. The molecule has 0 bridgehead atoms. The fourth-order valence-corrected chi connectivity index (χ4v) is 3.55. The van der Waals surface area contributed by atoms with Gasteiger partial charge in [0.05, 0.1) is 6.42 Å². The van der Waals surface area contributed by atoms with E-state index in [1.807, 2.05) is 18.2 Å². The molecule has 0 spiro atoms. The minimum atomic E-state index is -0.494. The maximum Gasteiger partial charge on any atom is 0.230 e. The van der Waals surface area contributed by atoms with Crippen molar-refractivity contribution in [2.45, 2.75) is 25.7 Å². The molecule has 26 heavy (non-hydrogen) atoms. The van der Waals surface area contributed by atoms with Gasteiger partial charge in [0.25, 0.3) is 0 Å². The van der Waals surface area contributed by atoms with Gasteiger partial charge in [-0.05, 0) is 30.5 Å². The van der Waals surface area contributed by atoms with E-state index in [4.69, 9.17) is 11.6 Å². The van der Waals surface area contributed by atoms with Gasteiger partial charge in [-0.25, -0.2) is 4.39 Å². The van der Waals surface area contributed by atoms with Crippen LogP contribution in [0.5, 0.6) is 0 Å². The highest BCUT2D eigenvalue weighted by Gasteiger charge is 2.14. The molecule has 1 aromatic heterocycles. The third-order valence-electron chi connectivity index (χ3n) is 3.81. The number of hydrogen-bond donors (Lipinski definition) is 1. The molecule has 1 amide bonds. The smallest absolute Gasteiger partial charge is 0.230 e. The van der Waals surface area contributed by atoms with Crippen molar-refractivity contribution in [1.82, 2.24) is 10.2 Å². The number of nitrogens with one attached hydrogen (secondary N) is 1. The molecule has 7 heteroatoms. The Labute approximate surface area is 160 Å². The molecule has 2 aromatic carbocycles. The van der Waals surface area contributed by atoms with Gasteiger partial charge in [0.2, 0.25) is 11.0 Å². The number of aryl methyl sites for hydroxylation is 2. The summed E-state index contributed by atoms with van der Waals surface area (Å²) in [4.78, 5) is 12.1. The van der Waals surface area contributed by atoms with Crippen molar-refractivity contribution in [2.24, 2.45) is 0 Å². The number of nitrogens with zero attached hydrogens (tertiary/aromatic N) is 2. The molecule has 0 aliphatic carbocycles. The van der Waals surface area contributed by atoms with Crippen LogP contribution in [0.4, 0.5) is 9.52 Å². The number of hydrogen-bond acceptors (Lipinski definition) is 4. The summed E-state index contributed by atoms with van der Waals surface area (Å²) in [5.41, 5.74) is 1.46. The number of benzene rings is 2. The third-order valence-corrected chi connectivity index (χ3v) is 5.06. The van der Waals surface area contributed by atoms with Crippen molar-refractivity contribution in [3.05, 3.63) is 75.5 Å². The first-order valence-corrected chi connectivity index (χ1v) is 9.40.